The highest BCUT2D eigenvalue weighted by Crippen LogP contribution is 2.39. The molecule has 0 unspecified atom stereocenters. The first-order valence-electron chi connectivity index (χ1n) is 14.9. The third-order valence-electron chi connectivity index (χ3n) is 8.53. The number of allylic oxidation sites excluding steroid dienone is 6. The number of pyridine rings is 1. The van der Waals surface area contributed by atoms with Crippen molar-refractivity contribution in [3.05, 3.63) is 131 Å². The van der Waals surface area contributed by atoms with Crippen LogP contribution in [0.4, 0.5) is 0 Å². The summed E-state index contributed by atoms with van der Waals surface area (Å²) in [5, 5.41) is 3.69. The topological polar surface area (TPSA) is 17.3 Å². The van der Waals surface area contributed by atoms with Crippen molar-refractivity contribution in [1.82, 2.24) is 9.38 Å². The van der Waals surface area contributed by atoms with Gasteiger partial charge in [0.25, 0.3) is 0 Å². The second-order valence-corrected chi connectivity index (χ2v) is 11.2. The molecule has 6 rings (SSSR count). The molecule has 0 aliphatic carbocycles. The number of hydrogen-bond donors (Lipinski definition) is 0. The lowest BCUT2D eigenvalue weighted by molar-refractivity contribution is 1.22. The van der Waals surface area contributed by atoms with Crippen LogP contribution >= 0.6 is 0 Å². The molecule has 0 aliphatic rings. The van der Waals surface area contributed by atoms with E-state index in [1.165, 1.54) is 71.7 Å². The molecule has 0 atom stereocenters. The molecule has 0 fully saturated rings. The molecule has 0 aliphatic heterocycles. The minimum absolute atomic E-state index is 1.01. The van der Waals surface area contributed by atoms with Crippen molar-refractivity contribution < 1.29 is 0 Å². The predicted molar refractivity (Wildman–Crippen MR) is 184 cm³/mol. The number of rotatable bonds is 6. The quantitative estimate of drug-likeness (QED) is 0.190. The van der Waals surface area contributed by atoms with E-state index in [-0.39, 0.29) is 0 Å². The summed E-state index contributed by atoms with van der Waals surface area (Å²) in [6.45, 7) is 13.1. The molecule has 0 amide bonds. The Morgan fingerprint density at radius 3 is 2.26 bits per heavy atom. The largest absolute Gasteiger partial charge is 0.291 e. The zero-order valence-corrected chi connectivity index (χ0v) is 25.5. The maximum absolute atomic E-state index is 5.41. The number of benzene rings is 4. The fraction of sp³-hybridized carbons (Fsp3) is 0.175. The molecular formula is C40H38N2. The first kappa shape index (κ1) is 27.5. The van der Waals surface area contributed by atoms with E-state index in [1.807, 2.05) is 0 Å². The van der Waals surface area contributed by atoms with Gasteiger partial charge >= 0.3 is 0 Å². The normalized spacial score (nSPS) is 13.2. The van der Waals surface area contributed by atoms with Gasteiger partial charge < -0.3 is 0 Å². The van der Waals surface area contributed by atoms with Gasteiger partial charge in [0.05, 0.1) is 16.6 Å². The van der Waals surface area contributed by atoms with Gasteiger partial charge in [0.15, 0.2) is 0 Å². The van der Waals surface area contributed by atoms with E-state index >= 15 is 0 Å². The number of imidazole rings is 1. The molecule has 0 radical (unpaired) electrons. The summed E-state index contributed by atoms with van der Waals surface area (Å²) in [6, 6.07) is 26.2. The maximum Gasteiger partial charge on any atom is 0.142 e. The Bertz CT molecular complexity index is 2100. The van der Waals surface area contributed by atoms with Crippen molar-refractivity contribution in [2.45, 2.75) is 48.0 Å². The molecule has 208 valence electrons. The summed E-state index contributed by atoms with van der Waals surface area (Å²) in [5.74, 6) is 0. The average molecular weight is 547 g/mol. The second-order valence-electron chi connectivity index (χ2n) is 11.2. The van der Waals surface area contributed by atoms with Crippen molar-refractivity contribution in [2.75, 3.05) is 0 Å². The van der Waals surface area contributed by atoms with Crippen molar-refractivity contribution in [3.8, 4) is 11.1 Å². The van der Waals surface area contributed by atoms with E-state index in [2.05, 4.69) is 155 Å². The fourth-order valence-corrected chi connectivity index (χ4v) is 6.13. The van der Waals surface area contributed by atoms with Crippen LogP contribution in [-0.2, 0) is 0 Å². The monoisotopic (exact) mass is 546 g/mol. The Hall–Kier alpha value is -4.69. The molecule has 4 aromatic carbocycles. The van der Waals surface area contributed by atoms with Crippen molar-refractivity contribution >= 4 is 50.5 Å². The fourth-order valence-electron chi connectivity index (χ4n) is 6.13. The summed E-state index contributed by atoms with van der Waals surface area (Å²) >= 11 is 0. The van der Waals surface area contributed by atoms with Crippen molar-refractivity contribution in [2.24, 2.45) is 0 Å². The molecule has 2 nitrogen and oxygen atoms in total. The Balaban J connectivity index is 1.78. The van der Waals surface area contributed by atoms with Gasteiger partial charge in [-0.3, -0.25) is 4.40 Å². The molecule has 0 bridgehead atoms. The summed E-state index contributed by atoms with van der Waals surface area (Å²) in [7, 11) is 0. The van der Waals surface area contributed by atoms with Gasteiger partial charge in [-0.2, -0.15) is 0 Å². The van der Waals surface area contributed by atoms with Gasteiger partial charge in [-0.25, -0.2) is 4.98 Å². The van der Waals surface area contributed by atoms with Gasteiger partial charge in [-0.1, -0.05) is 104 Å². The second kappa shape index (κ2) is 11.3. The van der Waals surface area contributed by atoms with E-state index in [4.69, 9.17) is 4.98 Å². The molecule has 2 heteroatoms. The lowest BCUT2D eigenvalue weighted by atomic mass is 9.95. The number of aromatic nitrogens is 2. The Morgan fingerprint density at radius 2 is 1.52 bits per heavy atom. The summed E-state index contributed by atoms with van der Waals surface area (Å²) < 4.78 is 2.41. The Kier molecular flexibility index (Phi) is 7.39. The van der Waals surface area contributed by atoms with Crippen molar-refractivity contribution in [1.29, 1.82) is 0 Å². The van der Waals surface area contributed by atoms with Crippen LogP contribution in [0.1, 0.15) is 56.4 Å². The molecule has 42 heavy (non-hydrogen) atoms. The minimum Gasteiger partial charge on any atom is -0.291 e. The van der Waals surface area contributed by atoms with E-state index < -0.39 is 0 Å². The van der Waals surface area contributed by atoms with Crippen LogP contribution in [-0.4, -0.2) is 9.38 Å². The van der Waals surface area contributed by atoms with Crippen molar-refractivity contribution in [3.63, 3.8) is 0 Å². The van der Waals surface area contributed by atoms with Crippen LogP contribution in [0.25, 0.3) is 61.6 Å². The molecule has 2 heterocycles. The lowest BCUT2D eigenvalue weighted by Gasteiger charge is -2.15. The third-order valence-corrected chi connectivity index (χ3v) is 8.53. The zero-order chi connectivity index (χ0) is 29.4. The SMILES string of the molecule is C/C=C\c1c(C)c2ccccc2c2nc3c(C)c(/C=C(C)/C(C)=C/C=C\CC)c4cc(-c5ccccc5)ccc4n3c12. The smallest absolute Gasteiger partial charge is 0.142 e. The van der Waals surface area contributed by atoms with Crippen LogP contribution in [0.3, 0.4) is 0 Å². The molecular weight excluding hydrogens is 508 g/mol. The minimum atomic E-state index is 1.01. The van der Waals surface area contributed by atoms with Gasteiger partial charge in [0, 0.05) is 21.9 Å². The van der Waals surface area contributed by atoms with E-state index in [0.29, 0.717) is 0 Å². The molecule has 0 saturated heterocycles. The van der Waals surface area contributed by atoms with Gasteiger partial charge in [-0.05, 0) is 92.0 Å². The summed E-state index contributed by atoms with van der Waals surface area (Å²) in [6.07, 6.45) is 14.3. The number of aryl methyl sites for hydroxylation is 2. The highest BCUT2D eigenvalue weighted by Gasteiger charge is 2.21. The van der Waals surface area contributed by atoms with Gasteiger partial charge in [-0.15, -0.1) is 0 Å². The summed E-state index contributed by atoms with van der Waals surface area (Å²) in [5.41, 5.74) is 14.3. The number of hydrogen-bond acceptors (Lipinski definition) is 1. The number of nitrogens with zero attached hydrogens (tertiary/aromatic N) is 2. The van der Waals surface area contributed by atoms with Gasteiger partial charge in [0.2, 0.25) is 0 Å². The maximum atomic E-state index is 5.41. The van der Waals surface area contributed by atoms with Crippen LogP contribution < -0.4 is 0 Å². The van der Waals surface area contributed by atoms with Crippen LogP contribution in [0, 0.1) is 13.8 Å². The van der Waals surface area contributed by atoms with Crippen LogP contribution in [0.5, 0.6) is 0 Å². The Labute approximate surface area is 249 Å². The first-order valence-corrected chi connectivity index (χ1v) is 14.9. The molecule has 0 saturated carbocycles. The molecule has 2 aromatic heterocycles. The van der Waals surface area contributed by atoms with E-state index in [1.54, 1.807) is 0 Å². The van der Waals surface area contributed by atoms with E-state index in [9.17, 15) is 0 Å². The first-order chi connectivity index (χ1) is 20.4. The summed E-state index contributed by atoms with van der Waals surface area (Å²) in [4.78, 5) is 5.41. The Morgan fingerprint density at radius 1 is 0.786 bits per heavy atom. The number of fused-ring (bicyclic) bond motifs is 7. The predicted octanol–water partition coefficient (Wildman–Crippen LogP) is 11.4. The van der Waals surface area contributed by atoms with Gasteiger partial charge in [0.1, 0.15) is 5.65 Å². The molecule has 0 N–H and O–H groups in total. The highest BCUT2D eigenvalue weighted by molar-refractivity contribution is 6.13. The average Bonchev–Trinajstić information content (AvgIpc) is 3.42. The lowest BCUT2D eigenvalue weighted by Crippen LogP contribution is -1.98. The molecule has 0 spiro atoms. The third kappa shape index (κ3) is 4.58. The van der Waals surface area contributed by atoms with Crippen LogP contribution in [0.2, 0.25) is 0 Å². The highest BCUT2D eigenvalue weighted by atomic mass is 15.0. The zero-order valence-electron chi connectivity index (χ0n) is 25.5. The standard InChI is InChI=1S/C40H38N2/c1-7-9-11-17-26(3)27(4)24-35-29(6)40-41-38-34-21-15-14-20-32(34)28(5)33(16-8-2)39(38)42(40)37-23-22-31(25-36(35)37)30-18-12-10-13-19-30/h8-25H,7H2,1-6H3/b11-9-,16-8-,26-17+,27-24+. The van der Waals surface area contributed by atoms with E-state index in [0.717, 1.165) is 17.6 Å². The molecule has 6 aromatic rings. The van der Waals surface area contributed by atoms with Crippen LogP contribution in [0.15, 0.2) is 108 Å².